The molecular weight excluding hydrogens is 254 g/mol. The molecule has 19 heavy (non-hydrogen) atoms. The average Bonchev–Trinajstić information content (AvgIpc) is 2.38. The fourth-order valence-corrected chi connectivity index (χ4v) is 2.75. The molecule has 2 heterocycles. The molecule has 0 saturated carbocycles. The summed E-state index contributed by atoms with van der Waals surface area (Å²) in [7, 11) is 0. The van der Waals surface area contributed by atoms with Gasteiger partial charge in [0.15, 0.2) is 0 Å². The molecule has 2 rings (SSSR count). The molecule has 0 aromatic rings. The fraction of sp³-hybridized carbons (Fsp3) is 0.846. The van der Waals surface area contributed by atoms with E-state index in [0.717, 1.165) is 0 Å². The third kappa shape index (κ3) is 3.42. The van der Waals surface area contributed by atoms with Gasteiger partial charge in [0, 0.05) is 51.9 Å². The number of amides is 2. The average molecular weight is 274 g/mol. The van der Waals surface area contributed by atoms with Crippen molar-refractivity contribution in [2.45, 2.75) is 38.5 Å². The van der Waals surface area contributed by atoms with Crippen LogP contribution < -0.4 is 0 Å². The van der Waals surface area contributed by atoms with E-state index in [1.54, 1.807) is 9.80 Å². The first-order valence-corrected chi connectivity index (χ1v) is 6.81. The molecular formula is C13H20F2N2O2. The molecule has 2 aliphatic heterocycles. The van der Waals surface area contributed by atoms with Crippen molar-refractivity contribution in [2.24, 2.45) is 5.92 Å². The van der Waals surface area contributed by atoms with Crippen LogP contribution in [0, 0.1) is 5.92 Å². The highest BCUT2D eigenvalue weighted by atomic mass is 19.3. The molecule has 0 N–H and O–H groups in total. The van der Waals surface area contributed by atoms with Crippen molar-refractivity contribution in [3.05, 3.63) is 0 Å². The standard InChI is InChI=1S/C13H20F2N2O2/c1-10(18)16-6-2-11(3-7-16)12(19)17-8-4-13(14,15)5-9-17/h11H,2-9H2,1H3. The van der Waals surface area contributed by atoms with E-state index < -0.39 is 5.92 Å². The van der Waals surface area contributed by atoms with E-state index in [1.807, 2.05) is 0 Å². The summed E-state index contributed by atoms with van der Waals surface area (Å²) in [5, 5.41) is 0. The summed E-state index contributed by atoms with van der Waals surface area (Å²) in [6.45, 7) is 3.01. The Balaban J connectivity index is 1.83. The largest absolute Gasteiger partial charge is 0.343 e. The van der Waals surface area contributed by atoms with E-state index in [1.165, 1.54) is 6.92 Å². The van der Waals surface area contributed by atoms with Crippen LogP contribution in [0.1, 0.15) is 32.6 Å². The third-order valence-corrected chi connectivity index (χ3v) is 4.10. The number of alkyl halides is 2. The minimum Gasteiger partial charge on any atom is -0.343 e. The second-order valence-corrected chi connectivity index (χ2v) is 5.46. The maximum atomic E-state index is 13.0. The Bertz CT molecular complexity index is 356. The van der Waals surface area contributed by atoms with Crippen molar-refractivity contribution < 1.29 is 18.4 Å². The van der Waals surface area contributed by atoms with Gasteiger partial charge >= 0.3 is 0 Å². The number of hydrogen-bond acceptors (Lipinski definition) is 2. The second-order valence-electron chi connectivity index (χ2n) is 5.46. The van der Waals surface area contributed by atoms with Crippen molar-refractivity contribution in [1.29, 1.82) is 0 Å². The van der Waals surface area contributed by atoms with Gasteiger partial charge < -0.3 is 9.80 Å². The van der Waals surface area contributed by atoms with Gasteiger partial charge in [-0.1, -0.05) is 0 Å². The van der Waals surface area contributed by atoms with Gasteiger partial charge in [-0.3, -0.25) is 9.59 Å². The van der Waals surface area contributed by atoms with Crippen molar-refractivity contribution in [2.75, 3.05) is 26.2 Å². The number of halogens is 2. The predicted molar refractivity (Wildman–Crippen MR) is 65.7 cm³/mol. The third-order valence-electron chi connectivity index (χ3n) is 4.10. The van der Waals surface area contributed by atoms with Gasteiger partial charge in [-0.2, -0.15) is 0 Å². The van der Waals surface area contributed by atoms with E-state index in [9.17, 15) is 18.4 Å². The van der Waals surface area contributed by atoms with Crippen LogP contribution in [0.25, 0.3) is 0 Å². The normalized spacial score (nSPS) is 24.4. The zero-order chi connectivity index (χ0) is 14.0. The Hall–Kier alpha value is -1.20. The van der Waals surface area contributed by atoms with Crippen LogP contribution in [0.15, 0.2) is 0 Å². The molecule has 0 aliphatic carbocycles. The van der Waals surface area contributed by atoms with Crippen molar-refractivity contribution in [3.8, 4) is 0 Å². The van der Waals surface area contributed by atoms with E-state index in [0.29, 0.717) is 25.9 Å². The van der Waals surface area contributed by atoms with Crippen LogP contribution in [0.2, 0.25) is 0 Å². The molecule has 0 radical (unpaired) electrons. The van der Waals surface area contributed by atoms with Crippen LogP contribution in [-0.2, 0) is 9.59 Å². The Morgan fingerprint density at radius 3 is 2.00 bits per heavy atom. The highest BCUT2D eigenvalue weighted by Crippen LogP contribution is 2.29. The first-order valence-electron chi connectivity index (χ1n) is 6.81. The lowest BCUT2D eigenvalue weighted by Crippen LogP contribution is -2.48. The van der Waals surface area contributed by atoms with Crippen LogP contribution >= 0.6 is 0 Å². The number of rotatable bonds is 1. The molecule has 0 unspecified atom stereocenters. The molecule has 108 valence electrons. The zero-order valence-electron chi connectivity index (χ0n) is 11.2. The Morgan fingerprint density at radius 2 is 1.53 bits per heavy atom. The van der Waals surface area contributed by atoms with Gasteiger partial charge in [0.05, 0.1) is 0 Å². The fourth-order valence-electron chi connectivity index (χ4n) is 2.75. The molecule has 0 aromatic carbocycles. The summed E-state index contributed by atoms with van der Waals surface area (Å²) in [5.74, 6) is -2.71. The molecule has 2 saturated heterocycles. The maximum Gasteiger partial charge on any atom is 0.251 e. The van der Waals surface area contributed by atoms with Gasteiger partial charge in [-0.05, 0) is 12.8 Å². The number of carbonyl (C=O) groups is 2. The topological polar surface area (TPSA) is 40.6 Å². The molecule has 2 aliphatic rings. The highest BCUT2D eigenvalue weighted by Gasteiger charge is 2.37. The minimum atomic E-state index is -2.62. The summed E-state index contributed by atoms with van der Waals surface area (Å²) in [4.78, 5) is 26.7. The van der Waals surface area contributed by atoms with E-state index >= 15 is 0 Å². The summed E-state index contributed by atoms with van der Waals surface area (Å²) in [6, 6.07) is 0. The molecule has 4 nitrogen and oxygen atoms in total. The summed E-state index contributed by atoms with van der Waals surface area (Å²) >= 11 is 0. The monoisotopic (exact) mass is 274 g/mol. The number of hydrogen-bond donors (Lipinski definition) is 0. The number of carbonyl (C=O) groups excluding carboxylic acids is 2. The molecule has 0 aromatic heterocycles. The first-order chi connectivity index (χ1) is 8.89. The van der Waals surface area contributed by atoms with Gasteiger partial charge in [-0.15, -0.1) is 0 Å². The quantitative estimate of drug-likeness (QED) is 0.727. The predicted octanol–water partition coefficient (Wildman–Crippen LogP) is 1.50. The van der Waals surface area contributed by atoms with E-state index in [2.05, 4.69) is 0 Å². The smallest absolute Gasteiger partial charge is 0.251 e. The van der Waals surface area contributed by atoms with Gasteiger partial charge in [0.25, 0.3) is 5.92 Å². The lowest BCUT2D eigenvalue weighted by atomic mass is 9.94. The Kier molecular flexibility index (Phi) is 4.06. The Labute approximate surface area is 111 Å². The molecule has 0 atom stereocenters. The van der Waals surface area contributed by atoms with Gasteiger partial charge in [-0.25, -0.2) is 8.78 Å². The summed E-state index contributed by atoms with van der Waals surface area (Å²) in [5.41, 5.74) is 0. The maximum absolute atomic E-state index is 13.0. The van der Waals surface area contributed by atoms with E-state index in [4.69, 9.17) is 0 Å². The second kappa shape index (κ2) is 5.43. The molecule has 0 bridgehead atoms. The van der Waals surface area contributed by atoms with Crippen molar-refractivity contribution in [3.63, 3.8) is 0 Å². The lowest BCUT2D eigenvalue weighted by Gasteiger charge is -2.37. The molecule has 2 amide bonds. The van der Waals surface area contributed by atoms with Crippen LogP contribution in [0.5, 0.6) is 0 Å². The van der Waals surface area contributed by atoms with Gasteiger partial charge in [0.1, 0.15) is 0 Å². The van der Waals surface area contributed by atoms with Gasteiger partial charge in [0.2, 0.25) is 11.8 Å². The minimum absolute atomic E-state index is 0.0151. The zero-order valence-corrected chi connectivity index (χ0v) is 11.2. The molecule has 2 fully saturated rings. The van der Waals surface area contributed by atoms with Crippen LogP contribution in [0.3, 0.4) is 0 Å². The highest BCUT2D eigenvalue weighted by molar-refractivity contribution is 5.79. The summed E-state index contributed by atoms with van der Waals surface area (Å²) in [6.07, 6.45) is 0.826. The van der Waals surface area contributed by atoms with Crippen molar-refractivity contribution >= 4 is 11.8 Å². The van der Waals surface area contributed by atoms with E-state index in [-0.39, 0.29) is 43.7 Å². The summed E-state index contributed by atoms with van der Waals surface area (Å²) < 4.78 is 26.1. The first kappa shape index (κ1) is 14.2. The van der Waals surface area contributed by atoms with Crippen LogP contribution in [-0.4, -0.2) is 53.7 Å². The van der Waals surface area contributed by atoms with Crippen LogP contribution in [0.4, 0.5) is 8.78 Å². The van der Waals surface area contributed by atoms with Crippen molar-refractivity contribution in [1.82, 2.24) is 9.80 Å². The SMILES string of the molecule is CC(=O)N1CCC(C(=O)N2CCC(F)(F)CC2)CC1. The Morgan fingerprint density at radius 1 is 1.00 bits per heavy atom. The number of nitrogens with zero attached hydrogens (tertiary/aromatic N) is 2. The number of piperidine rings is 2. The number of likely N-dealkylation sites (tertiary alicyclic amines) is 2. The lowest BCUT2D eigenvalue weighted by molar-refractivity contribution is -0.145. The molecule has 6 heteroatoms. The molecule has 0 spiro atoms.